The second-order valence-electron chi connectivity index (χ2n) is 6.78. The molecule has 1 atom stereocenters. The predicted octanol–water partition coefficient (Wildman–Crippen LogP) is 4.85. The summed E-state index contributed by atoms with van der Waals surface area (Å²) in [6.07, 6.45) is -10.5. The average Bonchev–Trinajstić information content (AvgIpc) is 3.33. The monoisotopic (exact) mass is 441 g/mol. The van der Waals surface area contributed by atoms with Crippen LogP contribution in [0.15, 0.2) is 54.6 Å². The Morgan fingerprint density at radius 2 is 1.68 bits per heavy atom. The first-order valence-electron chi connectivity index (χ1n) is 8.93. The molecule has 5 nitrogen and oxygen atoms in total. The highest BCUT2D eigenvalue weighted by molar-refractivity contribution is 5.95. The fourth-order valence-corrected chi connectivity index (χ4v) is 3.16. The number of hydrogen-bond acceptors (Lipinski definition) is 3. The summed E-state index contributed by atoms with van der Waals surface area (Å²) in [6, 6.07) is 11.9. The molecule has 0 radical (unpaired) electrons. The minimum absolute atomic E-state index is 0.0508. The molecule has 1 amide bonds. The highest BCUT2D eigenvalue weighted by Gasteiger charge is 2.42. The normalized spacial score (nSPS) is 16.0. The van der Waals surface area contributed by atoms with Gasteiger partial charge in [0.15, 0.2) is 11.8 Å². The zero-order chi connectivity index (χ0) is 22.4. The van der Waals surface area contributed by atoms with Crippen molar-refractivity contribution in [1.29, 1.82) is 0 Å². The van der Waals surface area contributed by atoms with Crippen molar-refractivity contribution < 1.29 is 35.9 Å². The number of alkyl halides is 6. The Morgan fingerprint density at radius 3 is 2.29 bits per heavy atom. The fraction of sp³-hybridized carbons (Fsp3) is 0.200. The maximum Gasteiger partial charge on any atom is 0.435 e. The Kier molecular flexibility index (Phi) is 4.91. The van der Waals surface area contributed by atoms with Crippen LogP contribution in [0.4, 0.5) is 32.0 Å². The molecule has 1 aliphatic heterocycles. The van der Waals surface area contributed by atoms with E-state index in [9.17, 15) is 31.1 Å². The standard InChI is InChI=1S/C20H13F6N3O2/c21-19(22,23)16-10-17(20(24,25)26)29(28-16)13-7-5-12(6-8-13)27-18(30)15-9-11-3-1-2-4-14(11)31-15/h1-8,10,15H,9H2,(H,27,30). The van der Waals surface area contributed by atoms with Gasteiger partial charge in [0.1, 0.15) is 11.4 Å². The summed E-state index contributed by atoms with van der Waals surface area (Å²) in [5.41, 5.74) is -2.35. The zero-order valence-electron chi connectivity index (χ0n) is 15.5. The van der Waals surface area contributed by atoms with Gasteiger partial charge in [0.25, 0.3) is 5.91 Å². The van der Waals surface area contributed by atoms with Gasteiger partial charge in [-0.2, -0.15) is 31.4 Å². The van der Waals surface area contributed by atoms with E-state index < -0.39 is 35.8 Å². The number of ether oxygens (including phenoxy) is 1. The first-order valence-corrected chi connectivity index (χ1v) is 8.93. The average molecular weight is 441 g/mol. The van der Waals surface area contributed by atoms with E-state index in [-0.39, 0.29) is 22.1 Å². The Labute approximate surface area is 171 Å². The smallest absolute Gasteiger partial charge is 0.435 e. The van der Waals surface area contributed by atoms with E-state index in [0.29, 0.717) is 12.2 Å². The number of anilines is 1. The van der Waals surface area contributed by atoms with E-state index in [1.807, 2.05) is 12.1 Å². The predicted molar refractivity (Wildman–Crippen MR) is 96.8 cm³/mol. The number of nitrogens with one attached hydrogen (secondary N) is 1. The lowest BCUT2D eigenvalue weighted by atomic mass is 10.1. The van der Waals surface area contributed by atoms with Crippen LogP contribution >= 0.6 is 0 Å². The Hall–Kier alpha value is -3.50. The van der Waals surface area contributed by atoms with Gasteiger partial charge in [0.2, 0.25) is 0 Å². The number of nitrogens with zero attached hydrogens (tertiary/aromatic N) is 2. The number of fused-ring (bicyclic) bond motifs is 1. The number of carbonyl (C=O) groups is 1. The molecule has 0 spiro atoms. The summed E-state index contributed by atoms with van der Waals surface area (Å²) >= 11 is 0. The summed E-state index contributed by atoms with van der Waals surface area (Å²) in [4.78, 5) is 12.4. The van der Waals surface area contributed by atoms with Crippen molar-refractivity contribution in [3.63, 3.8) is 0 Å². The molecule has 4 rings (SSSR count). The molecule has 31 heavy (non-hydrogen) atoms. The van der Waals surface area contributed by atoms with E-state index in [4.69, 9.17) is 4.74 Å². The third-order valence-electron chi connectivity index (χ3n) is 4.61. The topological polar surface area (TPSA) is 56.2 Å². The van der Waals surface area contributed by atoms with Crippen LogP contribution in [0, 0.1) is 0 Å². The summed E-state index contributed by atoms with van der Waals surface area (Å²) in [6.45, 7) is 0. The second kappa shape index (κ2) is 7.33. The van der Waals surface area contributed by atoms with Crippen molar-refractivity contribution in [2.75, 3.05) is 5.32 Å². The van der Waals surface area contributed by atoms with Gasteiger partial charge in [0.05, 0.1) is 5.69 Å². The Balaban J connectivity index is 1.53. The quantitative estimate of drug-likeness (QED) is 0.592. The number of aromatic nitrogens is 2. The van der Waals surface area contributed by atoms with Gasteiger partial charge in [-0.25, -0.2) is 4.68 Å². The zero-order valence-corrected chi connectivity index (χ0v) is 15.5. The maximum absolute atomic E-state index is 13.2. The van der Waals surface area contributed by atoms with E-state index in [2.05, 4.69) is 10.4 Å². The molecule has 2 aromatic carbocycles. The number of hydrogen-bond donors (Lipinski definition) is 1. The van der Waals surface area contributed by atoms with Crippen LogP contribution in [0.3, 0.4) is 0 Å². The van der Waals surface area contributed by atoms with E-state index in [1.165, 1.54) is 12.1 Å². The van der Waals surface area contributed by atoms with Gasteiger partial charge in [-0.05, 0) is 35.9 Å². The number of para-hydroxylation sites is 1. The van der Waals surface area contributed by atoms with Crippen molar-refractivity contribution in [3.8, 4) is 11.4 Å². The maximum atomic E-state index is 13.2. The SMILES string of the molecule is O=C(Nc1ccc(-n2nc(C(F)(F)F)cc2C(F)(F)F)cc1)C1Cc2ccccc2O1. The first-order chi connectivity index (χ1) is 14.5. The summed E-state index contributed by atoms with van der Waals surface area (Å²) in [7, 11) is 0. The van der Waals surface area contributed by atoms with E-state index >= 15 is 0 Å². The fourth-order valence-electron chi connectivity index (χ4n) is 3.16. The molecular formula is C20H13F6N3O2. The lowest BCUT2D eigenvalue weighted by molar-refractivity contribution is -0.143. The third kappa shape index (κ3) is 4.21. The van der Waals surface area contributed by atoms with E-state index in [1.54, 1.807) is 12.1 Å². The summed E-state index contributed by atoms with van der Waals surface area (Å²) in [5, 5.41) is 5.63. The van der Waals surface area contributed by atoms with Gasteiger partial charge in [-0.3, -0.25) is 4.79 Å². The van der Waals surface area contributed by atoms with Gasteiger partial charge >= 0.3 is 12.4 Å². The second-order valence-corrected chi connectivity index (χ2v) is 6.78. The number of rotatable bonds is 3. The summed E-state index contributed by atoms with van der Waals surface area (Å²) in [5.74, 6) is 0.134. The molecule has 0 saturated carbocycles. The van der Waals surface area contributed by atoms with Gasteiger partial charge in [0, 0.05) is 18.2 Å². The molecule has 0 fully saturated rings. The highest BCUT2D eigenvalue weighted by atomic mass is 19.4. The molecule has 1 N–H and O–H groups in total. The molecule has 1 unspecified atom stereocenters. The van der Waals surface area contributed by atoms with Crippen molar-refractivity contribution in [3.05, 3.63) is 71.5 Å². The number of halogens is 6. The third-order valence-corrected chi connectivity index (χ3v) is 4.61. The Morgan fingerprint density at radius 1 is 1.00 bits per heavy atom. The van der Waals surface area contributed by atoms with Crippen molar-refractivity contribution in [2.24, 2.45) is 0 Å². The minimum atomic E-state index is -5.04. The van der Waals surface area contributed by atoms with Crippen LogP contribution in [0.1, 0.15) is 17.0 Å². The van der Waals surface area contributed by atoms with Gasteiger partial charge in [-0.1, -0.05) is 18.2 Å². The van der Waals surface area contributed by atoms with Gasteiger partial charge < -0.3 is 10.1 Å². The lowest BCUT2D eigenvalue weighted by Crippen LogP contribution is -2.31. The molecule has 0 bridgehead atoms. The van der Waals surface area contributed by atoms with Crippen molar-refractivity contribution >= 4 is 11.6 Å². The van der Waals surface area contributed by atoms with Crippen LogP contribution in [0.25, 0.3) is 5.69 Å². The minimum Gasteiger partial charge on any atom is -0.480 e. The molecule has 0 aliphatic carbocycles. The largest absolute Gasteiger partial charge is 0.480 e. The van der Waals surface area contributed by atoms with Gasteiger partial charge in [-0.15, -0.1) is 0 Å². The number of amides is 1. The molecule has 11 heteroatoms. The Bertz CT molecular complexity index is 1090. The molecule has 3 aromatic rings. The van der Waals surface area contributed by atoms with Crippen LogP contribution in [0.5, 0.6) is 5.75 Å². The summed E-state index contributed by atoms with van der Waals surface area (Å²) < 4.78 is 83.8. The van der Waals surface area contributed by atoms with Crippen LogP contribution < -0.4 is 10.1 Å². The molecule has 1 aromatic heterocycles. The van der Waals surface area contributed by atoms with E-state index in [0.717, 1.165) is 17.7 Å². The van der Waals surface area contributed by atoms with Crippen LogP contribution in [-0.2, 0) is 23.6 Å². The molecule has 162 valence electrons. The lowest BCUT2D eigenvalue weighted by Gasteiger charge is -2.13. The van der Waals surface area contributed by atoms with Crippen molar-refractivity contribution in [2.45, 2.75) is 24.9 Å². The molecular weight excluding hydrogens is 428 g/mol. The molecule has 1 aliphatic rings. The number of carbonyl (C=O) groups excluding carboxylic acids is 1. The highest BCUT2D eigenvalue weighted by Crippen LogP contribution is 2.36. The number of benzene rings is 2. The molecule has 2 heterocycles. The first kappa shape index (κ1) is 20.8. The van der Waals surface area contributed by atoms with Crippen molar-refractivity contribution in [1.82, 2.24) is 9.78 Å². The van der Waals surface area contributed by atoms with Crippen LogP contribution in [-0.4, -0.2) is 21.8 Å². The molecule has 0 saturated heterocycles. The van der Waals surface area contributed by atoms with Crippen LogP contribution in [0.2, 0.25) is 0 Å².